The second-order valence-electron chi connectivity index (χ2n) is 5.65. The molecule has 19 heavy (non-hydrogen) atoms. The summed E-state index contributed by atoms with van der Waals surface area (Å²) in [6.07, 6.45) is 3.16. The van der Waals surface area contributed by atoms with Crippen LogP contribution in [-0.4, -0.2) is 29.9 Å². The minimum Gasteiger partial charge on any atom is -0.336 e. The molecule has 0 bridgehead atoms. The maximum absolute atomic E-state index is 12.8. The molecule has 1 aliphatic rings. The summed E-state index contributed by atoms with van der Waals surface area (Å²) >= 11 is 0. The van der Waals surface area contributed by atoms with E-state index in [1.54, 1.807) is 0 Å². The fourth-order valence-electron chi connectivity index (χ4n) is 2.76. The summed E-state index contributed by atoms with van der Waals surface area (Å²) < 4.78 is 0. The third-order valence-electron chi connectivity index (χ3n) is 3.74. The van der Waals surface area contributed by atoms with Crippen LogP contribution in [0.1, 0.15) is 46.3 Å². The van der Waals surface area contributed by atoms with E-state index in [-0.39, 0.29) is 5.91 Å². The van der Waals surface area contributed by atoms with Gasteiger partial charge in [-0.1, -0.05) is 17.7 Å². The third kappa shape index (κ3) is 3.16. The molecule has 2 rings (SSSR count). The topological polar surface area (TPSA) is 46.3 Å². The number of benzene rings is 1. The number of carbonyl (C=O) groups excluding carboxylic acids is 1. The normalized spacial score (nSPS) is 14.5. The molecule has 1 amide bonds. The molecule has 0 aliphatic heterocycles. The average molecular weight is 260 g/mol. The molecule has 0 spiro atoms. The van der Waals surface area contributed by atoms with Gasteiger partial charge in [0.15, 0.2) is 0 Å². The minimum absolute atomic E-state index is 0.186. The smallest absolute Gasteiger partial charge is 0.254 e. The number of carbonyl (C=O) groups is 1. The van der Waals surface area contributed by atoms with E-state index in [9.17, 15) is 4.79 Å². The van der Waals surface area contributed by atoms with E-state index in [0.717, 1.165) is 42.5 Å². The second kappa shape index (κ2) is 5.74. The molecular weight excluding hydrogens is 236 g/mol. The molecule has 1 fully saturated rings. The summed E-state index contributed by atoms with van der Waals surface area (Å²) in [6.45, 7) is 7.55. The molecule has 1 aromatic carbocycles. The number of rotatable bonds is 5. The predicted molar refractivity (Wildman–Crippen MR) is 78.4 cm³/mol. The monoisotopic (exact) mass is 260 g/mol. The molecule has 2 N–H and O–H groups in total. The molecule has 0 radical (unpaired) electrons. The van der Waals surface area contributed by atoms with Crippen molar-refractivity contribution >= 4 is 5.91 Å². The Hall–Kier alpha value is -1.35. The molecule has 1 aliphatic carbocycles. The van der Waals surface area contributed by atoms with Gasteiger partial charge in [0.1, 0.15) is 0 Å². The third-order valence-corrected chi connectivity index (χ3v) is 3.74. The van der Waals surface area contributed by atoms with Gasteiger partial charge in [0.05, 0.1) is 0 Å². The number of hydrogen-bond acceptors (Lipinski definition) is 2. The maximum Gasteiger partial charge on any atom is 0.254 e. The van der Waals surface area contributed by atoms with Gasteiger partial charge in [0, 0.05) is 18.2 Å². The van der Waals surface area contributed by atoms with E-state index in [1.807, 2.05) is 18.7 Å². The number of aryl methyl sites for hydroxylation is 3. The SMILES string of the molecule is Cc1cc(C)c(C(=O)N(CCCN)C2CC2)c(C)c1. The zero-order valence-corrected chi connectivity index (χ0v) is 12.2. The van der Waals surface area contributed by atoms with Gasteiger partial charge in [0.2, 0.25) is 0 Å². The van der Waals surface area contributed by atoms with Crippen LogP contribution in [0.25, 0.3) is 0 Å². The van der Waals surface area contributed by atoms with Crippen molar-refractivity contribution in [3.63, 3.8) is 0 Å². The molecule has 3 nitrogen and oxygen atoms in total. The van der Waals surface area contributed by atoms with E-state index in [2.05, 4.69) is 19.1 Å². The Morgan fingerprint density at radius 1 is 1.26 bits per heavy atom. The molecule has 0 aromatic heterocycles. The lowest BCUT2D eigenvalue weighted by Crippen LogP contribution is -2.35. The van der Waals surface area contributed by atoms with Crippen LogP contribution in [0, 0.1) is 20.8 Å². The maximum atomic E-state index is 12.8. The lowest BCUT2D eigenvalue weighted by Gasteiger charge is -2.24. The first kappa shape index (κ1) is 14.1. The zero-order valence-electron chi connectivity index (χ0n) is 12.2. The van der Waals surface area contributed by atoms with Crippen molar-refractivity contribution in [2.75, 3.05) is 13.1 Å². The first-order chi connectivity index (χ1) is 9.04. The fraction of sp³-hybridized carbons (Fsp3) is 0.562. The highest BCUT2D eigenvalue weighted by molar-refractivity contribution is 5.97. The van der Waals surface area contributed by atoms with Gasteiger partial charge in [-0.3, -0.25) is 4.79 Å². The molecule has 0 heterocycles. The number of amides is 1. The summed E-state index contributed by atoms with van der Waals surface area (Å²) in [4.78, 5) is 14.8. The Balaban J connectivity index is 2.26. The van der Waals surface area contributed by atoms with Gasteiger partial charge in [-0.25, -0.2) is 0 Å². The molecule has 104 valence electrons. The van der Waals surface area contributed by atoms with Crippen LogP contribution < -0.4 is 5.73 Å². The van der Waals surface area contributed by atoms with Crippen LogP contribution in [0.4, 0.5) is 0 Å². The Kier molecular flexibility index (Phi) is 4.25. The summed E-state index contributed by atoms with van der Waals surface area (Å²) in [6, 6.07) is 4.63. The summed E-state index contributed by atoms with van der Waals surface area (Å²) in [5, 5.41) is 0. The predicted octanol–water partition coefficient (Wildman–Crippen LogP) is 2.57. The molecule has 0 unspecified atom stereocenters. The van der Waals surface area contributed by atoms with Gasteiger partial charge in [0.25, 0.3) is 5.91 Å². The largest absolute Gasteiger partial charge is 0.336 e. The van der Waals surface area contributed by atoms with E-state index in [0.29, 0.717) is 12.6 Å². The van der Waals surface area contributed by atoms with Gasteiger partial charge >= 0.3 is 0 Å². The number of nitrogens with zero attached hydrogens (tertiary/aromatic N) is 1. The standard InChI is InChI=1S/C16H24N2O/c1-11-9-12(2)15(13(3)10-11)16(19)18(8-4-7-17)14-5-6-14/h9-10,14H,4-8,17H2,1-3H3. The Morgan fingerprint density at radius 2 is 1.84 bits per heavy atom. The van der Waals surface area contributed by atoms with E-state index >= 15 is 0 Å². The van der Waals surface area contributed by atoms with Gasteiger partial charge in [-0.05, 0) is 57.7 Å². The number of hydrogen-bond donors (Lipinski definition) is 1. The molecule has 0 atom stereocenters. The molecule has 3 heteroatoms. The molecule has 1 saturated carbocycles. The van der Waals surface area contributed by atoms with E-state index in [1.165, 1.54) is 5.56 Å². The van der Waals surface area contributed by atoms with Crippen LogP contribution in [0.5, 0.6) is 0 Å². The first-order valence-corrected chi connectivity index (χ1v) is 7.13. The van der Waals surface area contributed by atoms with Gasteiger partial charge < -0.3 is 10.6 Å². The van der Waals surface area contributed by atoms with E-state index in [4.69, 9.17) is 5.73 Å². The van der Waals surface area contributed by atoms with Crippen molar-refractivity contribution in [3.05, 3.63) is 34.4 Å². The average Bonchev–Trinajstić information content (AvgIpc) is 3.12. The van der Waals surface area contributed by atoms with Crippen molar-refractivity contribution in [3.8, 4) is 0 Å². The van der Waals surface area contributed by atoms with Crippen LogP contribution in [-0.2, 0) is 0 Å². The molecule has 1 aromatic rings. The zero-order chi connectivity index (χ0) is 14.0. The highest BCUT2D eigenvalue weighted by Gasteiger charge is 2.33. The van der Waals surface area contributed by atoms with Crippen molar-refractivity contribution in [1.82, 2.24) is 4.90 Å². The highest BCUT2D eigenvalue weighted by atomic mass is 16.2. The molecule has 0 saturated heterocycles. The minimum atomic E-state index is 0.186. The van der Waals surface area contributed by atoms with Crippen molar-refractivity contribution in [2.45, 2.75) is 46.1 Å². The summed E-state index contributed by atoms with van der Waals surface area (Å²) in [5.74, 6) is 0.186. The number of nitrogens with two attached hydrogens (primary N) is 1. The van der Waals surface area contributed by atoms with Gasteiger partial charge in [-0.15, -0.1) is 0 Å². The Bertz CT molecular complexity index is 455. The Morgan fingerprint density at radius 3 is 2.32 bits per heavy atom. The lowest BCUT2D eigenvalue weighted by molar-refractivity contribution is 0.0740. The fourth-order valence-corrected chi connectivity index (χ4v) is 2.76. The quantitative estimate of drug-likeness (QED) is 0.884. The van der Waals surface area contributed by atoms with Crippen LogP contribution in [0.2, 0.25) is 0 Å². The first-order valence-electron chi connectivity index (χ1n) is 7.13. The summed E-state index contributed by atoms with van der Waals surface area (Å²) in [7, 11) is 0. The Labute approximate surface area is 115 Å². The molecular formula is C16H24N2O. The van der Waals surface area contributed by atoms with Crippen LogP contribution in [0.3, 0.4) is 0 Å². The lowest BCUT2D eigenvalue weighted by atomic mass is 9.98. The second-order valence-corrected chi connectivity index (χ2v) is 5.65. The van der Waals surface area contributed by atoms with Crippen LogP contribution >= 0.6 is 0 Å². The van der Waals surface area contributed by atoms with Crippen molar-refractivity contribution in [1.29, 1.82) is 0 Å². The highest BCUT2D eigenvalue weighted by Crippen LogP contribution is 2.30. The van der Waals surface area contributed by atoms with Crippen molar-refractivity contribution in [2.24, 2.45) is 5.73 Å². The van der Waals surface area contributed by atoms with Crippen LogP contribution in [0.15, 0.2) is 12.1 Å². The van der Waals surface area contributed by atoms with Crippen molar-refractivity contribution < 1.29 is 4.79 Å². The van der Waals surface area contributed by atoms with E-state index < -0.39 is 0 Å². The van der Waals surface area contributed by atoms with Gasteiger partial charge in [-0.2, -0.15) is 0 Å². The summed E-state index contributed by atoms with van der Waals surface area (Å²) in [5.41, 5.74) is 9.84.